The van der Waals surface area contributed by atoms with E-state index in [4.69, 9.17) is 14.6 Å². The first kappa shape index (κ1) is 17.9. The highest BCUT2D eigenvalue weighted by Gasteiger charge is 2.16. The van der Waals surface area contributed by atoms with Crippen molar-refractivity contribution in [2.75, 3.05) is 18.5 Å². The van der Waals surface area contributed by atoms with E-state index in [2.05, 4.69) is 5.32 Å². The van der Waals surface area contributed by atoms with Gasteiger partial charge in [-0.15, -0.1) is 0 Å². The summed E-state index contributed by atoms with van der Waals surface area (Å²) >= 11 is 0. The number of anilines is 1. The molecule has 6 nitrogen and oxygen atoms in total. The maximum absolute atomic E-state index is 12.4. The quantitative estimate of drug-likeness (QED) is 0.857. The number of aryl methyl sites for hydroxylation is 1. The van der Waals surface area contributed by atoms with Gasteiger partial charge in [-0.3, -0.25) is 4.79 Å². The number of rotatable bonds is 5. The second kappa shape index (κ2) is 8.01. The Morgan fingerprint density at radius 3 is 2.54 bits per heavy atom. The van der Waals surface area contributed by atoms with Crippen LogP contribution in [0.15, 0.2) is 42.5 Å². The lowest BCUT2D eigenvalue weighted by Gasteiger charge is -2.24. The minimum atomic E-state index is -1.06. The molecule has 1 fully saturated rings. The number of carbonyl (C=O) groups is 2. The van der Waals surface area contributed by atoms with E-state index in [1.165, 1.54) is 12.1 Å². The van der Waals surface area contributed by atoms with Crippen molar-refractivity contribution in [1.82, 2.24) is 0 Å². The van der Waals surface area contributed by atoms with Crippen LogP contribution >= 0.6 is 0 Å². The molecule has 136 valence electrons. The molecule has 0 atom stereocenters. The monoisotopic (exact) mass is 355 g/mol. The van der Waals surface area contributed by atoms with Crippen molar-refractivity contribution in [3.63, 3.8) is 0 Å². The van der Waals surface area contributed by atoms with Crippen LogP contribution in [0.5, 0.6) is 5.75 Å². The number of benzene rings is 2. The second-order valence-corrected chi connectivity index (χ2v) is 6.25. The minimum absolute atomic E-state index is 0.0778. The van der Waals surface area contributed by atoms with Gasteiger partial charge in [0.2, 0.25) is 0 Å². The molecule has 6 heteroatoms. The van der Waals surface area contributed by atoms with Gasteiger partial charge in [0.25, 0.3) is 5.91 Å². The van der Waals surface area contributed by atoms with Gasteiger partial charge in [-0.1, -0.05) is 6.07 Å². The molecule has 0 unspecified atom stereocenters. The Morgan fingerprint density at radius 1 is 1.12 bits per heavy atom. The molecule has 1 heterocycles. The summed E-state index contributed by atoms with van der Waals surface area (Å²) in [6.45, 7) is 3.36. The van der Waals surface area contributed by atoms with Crippen molar-refractivity contribution in [2.45, 2.75) is 25.9 Å². The molecule has 1 aliphatic rings. The van der Waals surface area contributed by atoms with E-state index in [0.717, 1.165) is 24.2 Å². The molecule has 0 aliphatic carbocycles. The van der Waals surface area contributed by atoms with Gasteiger partial charge in [-0.2, -0.15) is 0 Å². The van der Waals surface area contributed by atoms with E-state index in [-0.39, 0.29) is 17.6 Å². The summed E-state index contributed by atoms with van der Waals surface area (Å²) in [5.41, 5.74) is 1.93. The third-order valence-corrected chi connectivity index (χ3v) is 4.27. The summed E-state index contributed by atoms with van der Waals surface area (Å²) in [5.74, 6) is -0.626. The molecule has 2 aromatic rings. The number of carboxylic acids is 1. The molecular formula is C20H21NO5. The molecule has 1 aliphatic heterocycles. The highest BCUT2D eigenvalue weighted by atomic mass is 16.5. The average molecular weight is 355 g/mol. The van der Waals surface area contributed by atoms with Crippen molar-refractivity contribution >= 4 is 17.6 Å². The summed E-state index contributed by atoms with van der Waals surface area (Å²) in [6, 6.07) is 11.4. The maximum atomic E-state index is 12.4. The molecule has 2 N–H and O–H groups in total. The molecule has 26 heavy (non-hydrogen) atoms. The number of carboxylic acid groups (broad SMARTS) is 1. The zero-order valence-electron chi connectivity index (χ0n) is 14.5. The zero-order chi connectivity index (χ0) is 18.5. The fourth-order valence-electron chi connectivity index (χ4n) is 2.83. The van der Waals surface area contributed by atoms with Gasteiger partial charge < -0.3 is 19.9 Å². The lowest BCUT2D eigenvalue weighted by molar-refractivity contribution is 0.0253. The minimum Gasteiger partial charge on any atom is -0.490 e. The molecule has 2 aromatic carbocycles. The maximum Gasteiger partial charge on any atom is 0.335 e. The highest BCUT2D eigenvalue weighted by Crippen LogP contribution is 2.25. The third kappa shape index (κ3) is 4.40. The van der Waals surface area contributed by atoms with E-state index >= 15 is 0 Å². The van der Waals surface area contributed by atoms with E-state index in [1.54, 1.807) is 18.2 Å². The number of nitrogens with one attached hydrogen (secondary N) is 1. The first-order valence-electron chi connectivity index (χ1n) is 8.52. The number of aromatic carboxylic acids is 1. The van der Waals surface area contributed by atoms with Crippen LogP contribution in [0.4, 0.5) is 5.69 Å². The van der Waals surface area contributed by atoms with E-state index in [0.29, 0.717) is 24.5 Å². The third-order valence-electron chi connectivity index (χ3n) is 4.27. The fourth-order valence-corrected chi connectivity index (χ4v) is 2.83. The van der Waals surface area contributed by atoms with E-state index < -0.39 is 5.97 Å². The van der Waals surface area contributed by atoms with Gasteiger partial charge in [0.15, 0.2) is 0 Å². The number of hydrogen-bond acceptors (Lipinski definition) is 4. The van der Waals surface area contributed by atoms with Crippen LogP contribution in [-0.4, -0.2) is 36.3 Å². The van der Waals surface area contributed by atoms with Gasteiger partial charge in [-0.05, 0) is 48.9 Å². The molecule has 1 amide bonds. The van der Waals surface area contributed by atoms with Crippen LogP contribution in [0.25, 0.3) is 0 Å². The predicted molar refractivity (Wildman–Crippen MR) is 97.0 cm³/mol. The summed E-state index contributed by atoms with van der Waals surface area (Å²) < 4.78 is 11.3. The van der Waals surface area contributed by atoms with Crippen LogP contribution in [0.2, 0.25) is 0 Å². The molecule has 0 radical (unpaired) electrons. The molecule has 1 saturated heterocycles. The van der Waals surface area contributed by atoms with Crippen molar-refractivity contribution in [1.29, 1.82) is 0 Å². The van der Waals surface area contributed by atoms with Gasteiger partial charge >= 0.3 is 5.97 Å². The van der Waals surface area contributed by atoms with Crippen molar-refractivity contribution < 1.29 is 24.2 Å². The second-order valence-electron chi connectivity index (χ2n) is 6.25. The highest BCUT2D eigenvalue weighted by molar-refractivity contribution is 6.05. The van der Waals surface area contributed by atoms with Gasteiger partial charge in [0, 0.05) is 24.1 Å². The number of amides is 1. The Hall–Kier alpha value is -2.86. The summed E-state index contributed by atoms with van der Waals surface area (Å²) in [6.07, 6.45) is 1.90. The lowest BCUT2D eigenvalue weighted by Crippen LogP contribution is -2.26. The smallest absolute Gasteiger partial charge is 0.335 e. The Kier molecular flexibility index (Phi) is 5.53. The molecule has 0 spiro atoms. The standard InChI is InChI=1S/C20H21NO5/c1-13-11-16(5-6-18(13)26-17-7-9-25-10-8-17)21-19(22)14-3-2-4-15(12-14)20(23)24/h2-6,11-12,17H,7-10H2,1H3,(H,21,22)(H,23,24). The molecule has 0 aromatic heterocycles. The Morgan fingerprint density at radius 2 is 1.85 bits per heavy atom. The molecular weight excluding hydrogens is 334 g/mol. The zero-order valence-corrected chi connectivity index (χ0v) is 14.5. The Bertz CT molecular complexity index is 812. The van der Waals surface area contributed by atoms with Crippen LogP contribution in [0.1, 0.15) is 39.1 Å². The van der Waals surface area contributed by atoms with Crippen molar-refractivity contribution in [3.8, 4) is 5.75 Å². The summed E-state index contributed by atoms with van der Waals surface area (Å²) in [7, 11) is 0. The van der Waals surface area contributed by atoms with E-state index in [9.17, 15) is 9.59 Å². The average Bonchev–Trinajstić information content (AvgIpc) is 2.65. The van der Waals surface area contributed by atoms with Gasteiger partial charge in [0.05, 0.1) is 18.8 Å². The molecule has 0 saturated carbocycles. The van der Waals surface area contributed by atoms with Crippen LogP contribution in [0.3, 0.4) is 0 Å². The van der Waals surface area contributed by atoms with Gasteiger partial charge in [-0.25, -0.2) is 4.79 Å². The normalized spacial score (nSPS) is 14.7. The summed E-state index contributed by atoms with van der Waals surface area (Å²) in [4.78, 5) is 23.4. The molecule has 0 bridgehead atoms. The summed E-state index contributed by atoms with van der Waals surface area (Å²) in [5, 5.41) is 11.8. The first-order valence-corrected chi connectivity index (χ1v) is 8.52. The predicted octanol–water partition coefficient (Wildman–Crippen LogP) is 3.50. The Balaban J connectivity index is 1.68. The first-order chi connectivity index (χ1) is 12.5. The van der Waals surface area contributed by atoms with Crippen molar-refractivity contribution in [3.05, 3.63) is 59.2 Å². The number of carbonyl (C=O) groups excluding carboxylic acids is 1. The topological polar surface area (TPSA) is 84.9 Å². The largest absolute Gasteiger partial charge is 0.490 e. The number of hydrogen-bond donors (Lipinski definition) is 2. The van der Waals surface area contributed by atoms with Crippen LogP contribution in [0, 0.1) is 6.92 Å². The fraction of sp³-hybridized carbons (Fsp3) is 0.300. The Labute approximate surface area is 151 Å². The van der Waals surface area contributed by atoms with Gasteiger partial charge in [0.1, 0.15) is 11.9 Å². The van der Waals surface area contributed by atoms with Crippen LogP contribution in [-0.2, 0) is 4.74 Å². The van der Waals surface area contributed by atoms with Crippen LogP contribution < -0.4 is 10.1 Å². The SMILES string of the molecule is Cc1cc(NC(=O)c2cccc(C(=O)O)c2)ccc1OC1CCOCC1. The molecule has 3 rings (SSSR count). The van der Waals surface area contributed by atoms with Crippen molar-refractivity contribution in [2.24, 2.45) is 0 Å². The lowest BCUT2D eigenvalue weighted by atomic mass is 10.1. The van der Waals surface area contributed by atoms with E-state index in [1.807, 2.05) is 19.1 Å². The number of ether oxygens (including phenoxy) is 2.